The molecule has 0 bridgehead atoms. The predicted molar refractivity (Wildman–Crippen MR) is 116 cm³/mol. The first-order valence-electron chi connectivity index (χ1n) is 10.5. The van der Waals surface area contributed by atoms with Crippen LogP contribution in [0, 0.1) is 17.8 Å². The number of nitrogens with one attached hydrogen (secondary N) is 2. The highest BCUT2D eigenvalue weighted by atomic mass is 16.2. The van der Waals surface area contributed by atoms with Crippen LogP contribution in [-0.4, -0.2) is 61.3 Å². The normalized spacial score (nSPS) is 21.3. The zero-order chi connectivity index (χ0) is 22.8. The van der Waals surface area contributed by atoms with Crippen molar-refractivity contribution in [3.63, 3.8) is 0 Å². The Kier molecular flexibility index (Phi) is 18.2. The first-order valence-corrected chi connectivity index (χ1v) is 10.5. The summed E-state index contributed by atoms with van der Waals surface area (Å²) in [4.78, 5) is 33.9. The average Bonchev–Trinajstić information content (AvgIpc) is 3.30. The van der Waals surface area contributed by atoms with Gasteiger partial charge in [-0.25, -0.2) is 5.26 Å². The molecule has 2 heterocycles. The van der Waals surface area contributed by atoms with Crippen LogP contribution in [-0.2, 0) is 14.4 Å². The van der Waals surface area contributed by atoms with Crippen molar-refractivity contribution in [2.24, 2.45) is 11.7 Å². The second-order valence-corrected chi connectivity index (χ2v) is 7.75. The summed E-state index contributed by atoms with van der Waals surface area (Å²) in [6, 6.07) is 0.103. The number of unbranched alkanes of at least 4 members (excludes halogenated alkanes) is 1. The van der Waals surface area contributed by atoms with Gasteiger partial charge < -0.3 is 21.2 Å². The number of likely N-dealkylation sites (N-methyl/N-ethyl adjacent to an activating group) is 1. The van der Waals surface area contributed by atoms with Crippen LogP contribution in [0.5, 0.6) is 0 Å². The number of carbonyl (C=O) groups is 3. The van der Waals surface area contributed by atoms with E-state index in [0.717, 1.165) is 57.9 Å². The Morgan fingerprint density at radius 3 is 2.38 bits per heavy atom. The fourth-order valence-electron chi connectivity index (χ4n) is 3.04. The van der Waals surface area contributed by atoms with Gasteiger partial charge >= 0.3 is 0 Å². The Morgan fingerprint density at radius 2 is 2.07 bits per heavy atom. The van der Waals surface area contributed by atoms with Crippen LogP contribution < -0.4 is 16.4 Å². The van der Waals surface area contributed by atoms with Gasteiger partial charge in [-0.1, -0.05) is 26.7 Å². The molecule has 2 aliphatic heterocycles. The molecule has 2 rings (SSSR count). The number of nitriles is 1. The minimum atomic E-state index is -0.227. The van der Waals surface area contributed by atoms with Gasteiger partial charge in [-0.15, -0.1) is 0 Å². The third-order valence-electron chi connectivity index (χ3n) is 4.62. The van der Waals surface area contributed by atoms with Crippen molar-refractivity contribution in [1.29, 1.82) is 5.26 Å². The first-order chi connectivity index (χ1) is 13.7. The second kappa shape index (κ2) is 18.1. The van der Waals surface area contributed by atoms with Crippen molar-refractivity contribution in [2.75, 3.05) is 20.1 Å². The Balaban J connectivity index is 0. The van der Waals surface area contributed by atoms with Crippen molar-refractivity contribution >= 4 is 18.1 Å². The smallest absolute Gasteiger partial charge is 0.237 e. The van der Waals surface area contributed by atoms with Gasteiger partial charge in [-0.2, -0.15) is 0 Å². The van der Waals surface area contributed by atoms with E-state index < -0.39 is 0 Å². The Hall–Kier alpha value is -1.98. The summed E-state index contributed by atoms with van der Waals surface area (Å²) in [7, 11) is 2.02. The average molecular weight is 412 g/mol. The molecular formula is C21H41N5O3. The SMILES string of the molecule is C#N.CC(C)NC(=O)C1[C@@H](C)CCN1C.CCCC[C@H](N)C=O.O=C1CCCN1. The highest BCUT2D eigenvalue weighted by Crippen LogP contribution is 2.22. The number of aldehydes is 1. The highest BCUT2D eigenvalue weighted by molar-refractivity contribution is 5.82. The molecule has 1 unspecified atom stereocenters. The maximum absolute atomic E-state index is 11.7. The molecule has 3 atom stereocenters. The summed E-state index contributed by atoms with van der Waals surface area (Å²) in [6.07, 6.45) is 6.70. The van der Waals surface area contributed by atoms with Crippen molar-refractivity contribution < 1.29 is 14.4 Å². The minimum Gasteiger partial charge on any atom is -0.356 e. The number of hydrogen-bond donors (Lipinski definition) is 3. The van der Waals surface area contributed by atoms with Gasteiger partial charge in [0.25, 0.3) is 0 Å². The van der Waals surface area contributed by atoms with E-state index >= 15 is 0 Å². The van der Waals surface area contributed by atoms with E-state index in [1.54, 1.807) is 0 Å². The van der Waals surface area contributed by atoms with Crippen molar-refractivity contribution in [1.82, 2.24) is 15.5 Å². The molecular weight excluding hydrogens is 370 g/mol. The maximum Gasteiger partial charge on any atom is 0.237 e. The molecule has 0 aromatic rings. The fourth-order valence-corrected chi connectivity index (χ4v) is 3.04. The van der Waals surface area contributed by atoms with Gasteiger partial charge in [-0.05, 0) is 52.6 Å². The number of amides is 2. The summed E-state index contributed by atoms with van der Waals surface area (Å²) in [5.41, 5.74) is 5.29. The van der Waals surface area contributed by atoms with Gasteiger partial charge in [0.1, 0.15) is 6.29 Å². The third-order valence-corrected chi connectivity index (χ3v) is 4.62. The zero-order valence-corrected chi connectivity index (χ0v) is 18.8. The second-order valence-electron chi connectivity index (χ2n) is 7.75. The van der Waals surface area contributed by atoms with E-state index in [0.29, 0.717) is 5.92 Å². The van der Waals surface area contributed by atoms with Crippen LogP contribution in [0.3, 0.4) is 0 Å². The standard InChI is InChI=1S/C10H20N2O.C6H13NO.C4H7NO.CHN/c1-7(2)11-10(13)9-8(3)5-6-12(9)4;1-2-3-4-6(7)5-8;6-4-2-1-3-5-4;1-2/h7-9H,5-6H2,1-4H3,(H,11,13);5-6H,2-4,7H2,1H3;1-3H2,(H,5,6);1H/t8-,9?;6-;;/m00../s1. The van der Waals surface area contributed by atoms with E-state index in [-0.39, 0.29) is 29.9 Å². The summed E-state index contributed by atoms with van der Waals surface area (Å²) in [6.45, 7) is 13.6. The molecule has 29 heavy (non-hydrogen) atoms. The van der Waals surface area contributed by atoms with Crippen LogP contribution in [0.4, 0.5) is 0 Å². The van der Waals surface area contributed by atoms with E-state index in [2.05, 4.69) is 36.0 Å². The molecule has 8 nitrogen and oxygen atoms in total. The lowest BCUT2D eigenvalue weighted by molar-refractivity contribution is -0.126. The molecule has 8 heteroatoms. The quantitative estimate of drug-likeness (QED) is 0.569. The largest absolute Gasteiger partial charge is 0.356 e. The number of rotatable bonds is 6. The fraction of sp³-hybridized carbons (Fsp3) is 0.810. The topological polar surface area (TPSA) is 128 Å². The number of hydrogen-bond acceptors (Lipinski definition) is 6. The molecule has 0 spiro atoms. The van der Waals surface area contributed by atoms with Crippen molar-refractivity contribution in [3.05, 3.63) is 0 Å². The monoisotopic (exact) mass is 411 g/mol. The maximum atomic E-state index is 11.7. The molecule has 0 aromatic heterocycles. The van der Waals surface area contributed by atoms with Crippen LogP contribution >= 0.6 is 0 Å². The molecule has 0 radical (unpaired) electrons. The molecule has 4 N–H and O–H groups in total. The van der Waals surface area contributed by atoms with Crippen LogP contribution in [0.15, 0.2) is 0 Å². The lowest BCUT2D eigenvalue weighted by Gasteiger charge is -2.23. The zero-order valence-electron chi connectivity index (χ0n) is 18.8. The lowest BCUT2D eigenvalue weighted by atomic mass is 10.0. The number of carbonyl (C=O) groups excluding carboxylic acids is 3. The third kappa shape index (κ3) is 14.6. The summed E-state index contributed by atoms with van der Waals surface area (Å²) in [5.74, 6) is 0.876. The molecule has 2 fully saturated rings. The van der Waals surface area contributed by atoms with Crippen LogP contribution in [0.25, 0.3) is 0 Å². The van der Waals surface area contributed by atoms with Crippen molar-refractivity contribution in [3.8, 4) is 6.57 Å². The predicted octanol–water partition coefficient (Wildman–Crippen LogP) is 1.59. The Labute approximate surface area is 176 Å². The van der Waals surface area contributed by atoms with Crippen LogP contribution in [0.2, 0.25) is 0 Å². The lowest BCUT2D eigenvalue weighted by Crippen LogP contribution is -2.46. The van der Waals surface area contributed by atoms with Crippen molar-refractivity contribution in [2.45, 2.75) is 84.3 Å². The number of likely N-dealkylation sites (tertiary alicyclic amines) is 1. The van der Waals surface area contributed by atoms with Gasteiger partial charge in [0.2, 0.25) is 11.8 Å². The summed E-state index contributed by atoms with van der Waals surface area (Å²) in [5, 5.41) is 12.1. The summed E-state index contributed by atoms with van der Waals surface area (Å²) < 4.78 is 0. The molecule has 2 saturated heterocycles. The van der Waals surface area contributed by atoms with Gasteiger partial charge in [0, 0.05) is 25.6 Å². The number of nitrogens with two attached hydrogens (primary N) is 1. The van der Waals surface area contributed by atoms with Gasteiger partial charge in [0.15, 0.2) is 0 Å². The molecule has 2 amide bonds. The molecule has 0 aliphatic carbocycles. The van der Waals surface area contributed by atoms with Crippen LogP contribution in [0.1, 0.15) is 66.2 Å². The number of nitrogens with zero attached hydrogens (tertiary/aromatic N) is 2. The van der Waals surface area contributed by atoms with E-state index in [4.69, 9.17) is 11.0 Å². The van der Waals surface area contributed by atoms with Gasteiger partial charge in [0.05, 0.1) is 12.1 Å². The van der Waals surface area contributed by atoms with Gasteiger partial charge in [-0.3, -0.25) is 14.5 Å². The summed E-state index contributed by atoms with van der Waals surface area (Å²) >= 11 is 0. The molecule has 0 saturated carbocycles. The Morgan fingerprint density at radius 1 is 1.45 bits per heavy atom. The van der Waals surface area contributed by atoms with E-state index in [9.17, 15) is 14.4 Å². The minimum absolute atomic E-state index is 0.0856. The van der Waals surface area contributed by atoms with E-state index in [1.165, 1.54) is 0 Å². The highest BCUT2D eigenvalue weighted by Gasteiger charge is 2.34. The first kappa shape index (κ1) is 29.2. The molecule has 2 aliphatic rings. The molecule has 0 aromatic carbocycles. The molecule has 168 valence electrons. The van der Waals surface area contributed by atoms with E-state index in [1.807, 2.05) is 20.9 Å². The Bertz CT molecular complexity index is 464.